The Bertz CT molecular complexity index is 340. The lowest BCUT2D eigenvalue weighted by atomic mass is 9.92. The van der Waals surface area contributed by atoms with Gasteiger partial charge in [-0.05, 0) is 42.7 Å². The summed E-state index contributed by atoms with van der Waals surface area (Å²) in [6.07, 6.45) is 4.58. The monoisotopic (exact) mass is 204 g/mol. The summed E-state index contributed by atoms with van der Waals surface area (Å²) in [4.78, 5) is 4.36. The summed E-state index contributed by atoms with van der Waals surface area (Å²) in [7, 11) is 0. The highest BCUT2D eigenvalue weighted by atomic mass is 15.0. The van der Waals surface area contributed by atoms with Crippen LogP contribution in [0, 0.1) is 18.3 Å². The van der Waals surface area contributed by atoms with E-state index in [0.29, 0.717) is 5.41 Å². The van der Waals surface area contributed by atoms with Crippen molar-refractivity contribution in [3.63, 3.8) is 0 Å². The Morgan fingerprint density at radius 1 is 1.47 bits per heavy atom. The van der Waals surface area contributed by atoms with Crippen LogP contribution in [0.4, 0.5) is 5.82 Å². The Labute approximate surface area is 92.1 Å². The van der Waals surface area contributed by atoms with Crippen molar-refractivity contribution in [3.05, 3.63) is 23.9 Å². The first kappa shape index (κ1) is 10.5. The SMILES string of the molecule is Cc1cccnc1NCC1(C(C)C)CC1. The molecule has 82 valence electrons. The average Bonchev–Trinajstić information content (AvgIpc) is 2.98. The molecule has 2 nitrogen and oxygen atoms in total. The highest BCUT2D eigenvalue weighted by molar-refractivity contribution is 5.43. The van der Waals surface area contributed by atoms with E-state index in [9.17, 15) is 0 Å². The van der Waals surface area contributed by atoms with Crippen LogP contribution in [0.3, 0.4) is 0 Å². The average molecular weight is 204 g/mol. The molecule has 0 aliphatic heterocycles. The van der Waals surface area contributed by atoms with E-state index in [-0.39, 0.29) is 0 Å². The predicted octanol–water partition coefficient (Wildman–Crippen LogP) is 3.24. The summed E-state index contributed by atoms with van der Waals surface area (Å²) in [5.74, 6) is 1.82. The smallest absolute Gasteiger partial charge is 0.128 e. The van der Waals surface area contributed by atoms with E-state index >= 15 is 0 Å². The van der Waals surface area contributed by atoms with Gasteiger partial charge in [-0.3, -0.25) is 0 Å². The van der Waals surface area contributed by atoms with Gasteiger partial charge in [0.2, 0.25) is 0 Å². The van der Waals surface area contributed by atoms with Gasteiger partial charge >= 0.3 is 0 Å². The standard InChI is InChI=1S/C13H20N2/c1-10(2)13(6-7-13)9-15-12-11(3)5-4-8-14-12/h4-5,8,10H,6-7,9H2,1-3H3,(H,14,15). The first-order valence-electron chi connectivity index (χ1n) is 5.79. The second-order valence-electron chi connectivity index (χ2n) is 5.04. The van der Waals surface area contributed by atoms with E-state index in [1.807, 2.05) is 12.3 Å². The van der Waals surface area contributed by atoms with Crippen LogP contribution in [-0.4, -0.2) is 11.5 Å². The molecule has 1 N–H and O–H groups in total. The van der Waals surface area contributed by atoms with Crippen LogP contribution in [0.1, 0.15) is 32.3 Å². The van der Waals surface area contributed by atoms with E-state index in [1.165, 1.54) is 18.4 Å². The molecule has 1 aromatic heterocycles. The maximum absolute atomic E-state index is 4.36. The molecule has 1 heterocycles. The minimum absolute atomic E-state index is 0.546. The second-order valence-corrected chi connectivity index (χ2v) is 5.04. The molecular weight excluding hydrogens is 184 g/mol. The van der Waals surface area contributed by atoms with Crippen molar-refractivity contribution in [3.8, 4) is 0 Å². The number of hydrogen-bond acceptors (Lipinski definition) is 2. The van der Waals surface area contributed by atoms with Gasteiger partial charge in [-0.25, -0.2) is 4.98 Å². The fraction of sp³-hybridized carbons (Fsp3) is 0.615. The Hall–Kier alpha value is -1.05. The van der Waals surface area contributed by atoms with Gasteiger partial charge in [0.15, 0.2) is 0 Å². The summed E-state index contributed by atoms with van der Waals surface area (Å²) >= 11 is 0. The first-order valence-corrected chi connectivity index (χ1v) is 5.79. The molecule has 0 spiro atoms. The zero-order valence-corrected chi connectivity index (χ0v) is 9.88. The Kier molecular flexibility index (Phi) is 2.68. The van der Waals surface area contributed by atoms with Crippen molar-refractivity contribution < 1.29 is 0 Å². The summed E-state index contributed by atoms with van der Waals surface area (Å²) in [6, 6.07) is 4.08. The third-order valence-electron chi connectivity index (χ3n) is 3.73. The highest BCUT2D eigenvalue weighted by Crippen LogP contribution is 2.51. The van der Waals surface area contributed by atoms with Crippen molar-refractivity contribution in [2.75, 3.05) is 11.9 Å². The number of nitrogens with zero attached hydrogens (tertiary/aromatic N) is 1. The Balaban J connectivity index is 1.97. The Morgan fingerprint density at radius 2 is 2.20 bits per heavy atom. The molecule has 15 heavy (non-hydrogen) atoms. The quantitative estimate of drug-likeness (QED) is 0.814. The fourth-order valence-electron chi connectivity index (χ4n) is 2.05. The largest absolute Gasteiger partial charge is 0.369 e. The lowest BCUT2D eigenvalue weighted by Gasteiger charge is -2.20. The number of rotatable bonds is 4. The first-order chi connectivity index (χ1) is 7.14. The van der Waals surface area contributed by atoms with Crippen LogP contribution in [0.5, 0.6) is 0 Å². The zero-order valence-electron chi connectivity index (χ0n) is 9.88. The summed E-state index contributed by atoms with van der Waals surface area (Å²) in [6.45, 7) is 7.81. The van der Waals surface area contributed by atoms with Crippen LogP contribution in [0.25, 0.3) is 0 Å². The molecule has 0 unspecified atom stereocenters. The zero-order chi connectivity index (χ0) is 10.9. The van der Waals surface area contributed by atoms with Crippen molar-refractivity contribution >= 4 is 5.82 Å². The maximum atomic E-state index is 4.36. The molecule has 0 radical (unpaired) electrons. The minimum Gasteiger partial charge on any atom is -0.369 e. The van der Waals surface area contributed by atoms with Gasteiger partial charge in [0.1, 0.15) is 5.82 Å². The van der Waals surface area contributed by atoms with Gasteiger partial charge in [-0.2, -0.15) is 0 Å². The third-order valence-corrected chi connectivity index (χ3v) is 3.73. The normalized spacial score (nSPS) is 17.9. The molecular formula is C13H20N2. The van der Waals surface area contributed by atoms with Crippen molar-refractivity contribution in [2.24, 2.45) is 11.3 Å². The third kappa shape index (κ3) is 2.14. The van der Waals surface area contributed by atoms with Gasteiger partial charge in [0, 0.05) is 12.7 Å². The topological polar surface area (TPSA) is 24.9 Å². The Morgan fingerprint density at radius 3 is 2.73 bits per heavy atom. The maximum Gasteiger partial charge on any atom is 0.128 e. The summed E-state index contributed by atoms with van der Waals surface area (Å²) < 4.78 is 0. The molecule has 1 saturated carbocycles. The lowest BCUT2D eigenvalue weighted by molar-refractivity contribution is 0.380. The predicted molar refractivity (Wildman–Crippen MR) is 64.0 cm³/mol. The molecule has 1 fully saturated rings. The molecule has 0 aromatic carbocycles. The van der Waals surface area contributed by atoms with E-state index in [4.69, 9.17) is 0 Å². The molecule has 1 aliphatic carbocycles. The van der Waals surface area contributed by atoms with Gasteiger partial charge in [-0.1, -0.05) is 19.9 Å². The van der Waals surface area contributed by atoms with Gasteiger partial charge in [0.25, 0.3) is 0 Å². The molecule has 0 amide bonds. The molecule has 0 bridgehead atoms. The van der Waals surface area contributed by atoms with Gasteiger partial charge in [-0.15, -0.1) is 0 Å². The summed E-state index contributed by atoms with van der Waals surface area (Å²) in [5, 5.41) is 3.49. The lowest BCUT2D eigenvalue weighted by Crippen LogP contribution is -2.21. The van der Waals surface area contributed by atoms with Gasteiger partial charge < -0.3 is 5.32 Å². The number of aromatic nitrogens is 1. The number of pyridine rings is 1. The van der Waals surface area contributed by atoms with E-state index in [1.54, 1.807) is 0 Å². The van der Waals surface area contributed by atoms with Crippen LogP contribution >= 0.6 is 0 Å². The molecule has 2 rings (SSSR count). The van der Waals surface area contributed by atoms with Crippen LogP contribution < -0.4 is 5.32 Å². The van der Waals surface area contributed by atoms with Crippen LogP contribution in [0.15, 0.2) is 18.3 Å². The number of nitrogens with one attached hydrogen (secondary N) is 1. The second kappa shape index (κ2) is 3.84. The van der Waals surface area contributed by atoms with Gasteiger partial charge in [0.05, 0.1) is 0 Å². The molecule has 1 aromatic rings. The fourth-order valence-corrected chi connectivity index (χ4v) is 2.05. The van der Waals surface area contributed by atoms with Crippen molar-refractivity contribution in [1.29, 1.82) is 0 Å². The summed E-state index contributed by atoms with van der Waals surface area (Å²) in [5.41, 5.74) is 1.78. The van der Waals surface area contributed by atoms with Crippen molar-refractivity contribution in [1.82, 2.24) is 4.98 Å². The van der Waals surface area contributed by atoms with E-state index in [2.05, 4.69) is 37.1 Å². The minimum atomic E-state index is 0.546. The van der Waals surface area contributed by atoms with Crippen LogP contribution in [0.2, 0.25) is 0 Å². The number of hydrogen-bond donors (Lipinski definition) is 1. The van der Waals surface area contributed by atoms with Crippen LogP contribution in [-0.2, 0) is 0 Å². The van der Waals surface area contributed by atoms with Crippen molar-refractivity contribution in [2.45, 2.75) is 33.6 Å². The number of anilines is 1. The van der Waals surface area contributed by atoms with E-state index < -0.39 is 0 Å². The van der Waals surface area contributed by atoms with E-state index in [0.717, 1.165) is 18.3 Å². The molecule has 0 saturated heterocycles. The number of aryl methyl sites for hydroxylation is 1. The molecule has 1 aliphatic rings. The highest BCUT2D eigenvalue weighted by Gasteiger charge is 2.44. The molecule has 2 heteroatoms. The molecule has 0 atom stereocenters.